The van der Waals surface area contributed by atoms with Crippen LogP contribution in [0.2, 0.25) is 0 Å². The highest BCUT2D eigenvalue weighted by Gasteiger charge is 2.22. The Morgan fingerprint density at radius 2 is 1.92 bits per heavy atom. The molecule has 0 spiro atoms. The quantitative estimate of drug-likeness (QED) is 0.774. The molecule has 0 saturated carbocycles. The van der Waals surface area contributed by atoms with Crippen molar-refractivity contribution >= 4 is 28.5 Å². The number of carbonyl (C=O) groups is 2. The summed E-state index contributed by atoms with van der Waals surface area (Å²) in [6, 6.07) is 16.6. The predicted octanol–water partition coefficient (Wildman–Crippen LogP) is 4.05. The van der Waals surface area contributed by atoms with E-state index in [-0.39, 0.29) is 17.9 Å². The average Bonchev–Trinajstić information content (AvgIpc) is 3.27. The minimum absolute atomic E-state index is 0.140. The van der Waals surface area contributed by atoms with Gasteiger partial charge >= 0.3 is 0 Å². The fourth-order valence-electron chi connectivity index (χ4n) is 3.28. The molecule has 1 aliphatic rings. The third kappa shape index (κ3) is 3.08. The Morgan fingerprint density at radius 3 is 2.62 bits per heavy atom. The topological polar surface area (TPSA) is 62.6 Å². The summed E-state index contributed by atoms with van der Waals surface area (Å²) in [6.07, 6.45) is 1.48. The zero-order valence-corrected chi connectivity index (χ0v) is 14.6. The molecule has 5 nitrogen and oxygen atoms in total. The first-order valence-electron chi connectivity index (χ1n) is 8.81. The predicted molar refractivity (Wildman–Crippen MR) is 100 cm³/mol. The van der Waals surface area contributed by atoms with Crippen LogP contribution in [0.5, 0.6) is 0 Å². The lowest BCUT2D eigenvalue weighted by Crippen LogP contribution is -2.27. The van der Waals surface area contributed by atoms with E-state index in [2.05, 4.69) is 5.32 Å². The third-order valence-corrected chi connectivity index (χ3v) is 4.73. The molecule has 1 fully saturated rings. The second kappa shape index (κ2) is 6.67. The van der Waals surface area contributed by atoms with Crippen LogP contribution in [0, 0.1) is 0 Å². The molecule has 26 heavy (non-hydrogen) atoms. The first-order valence-corrected chi connectivity index (χ1v) is 8.81. The van der Waals surface area contributed by atoms with Crippen molar-refractivity contribution in [3.8, 4) is 0 Å². The molecule has 5 heteroatoms. The fourth-order valence-corrected chi connectivity index (χ4v) is 3.28. The lowest BCUT2D eigenvalue weighted by atomic mass is 10.1. The molecule has 1 atom stereocenters. The van der Waals surface area contributed by atoms with Crippen LogP contribution in [0.3, 0.4) is 0 Å². The van der Waals surface area contributed by atoms with Gasteiger partial charge in [-0.05, 0) is 49.7 Å². The van der Waals surface area contributed by atoms with Crippen molar-refractivity contribution in [2.75, 3.05) is 11.4 Å². The van der Waals surface area contributed by atoms with Crippen LogP contribution in [-0.2, 0) is 4.79 Å². The van der Waals surface area contributed by atoms with Gasteiger partial charge in [-0.15, -0.1) is 0 Å². The monoisotopic (exact) mass is 348 g/mol. The van der Waals surface area contributed by atoms with Crippen molar-refractivity contribution in [2.24, 2.45) is 0 Å². The van der Waals surface area contributed by atoms with Gasteiger partial charge in [0.05, 0.1) is 6.04 Å². The molecular formula is C21H20N2O3. The number of para-hydroxylation sites is 1. The van der Waals surface area contributed by atoms with Gasteiger partial charge in [0.1, 0.15) is 11.3 Å². The van der Waals surface area contributed by atoms with E-state index in [1.165, 1.54) is 0 Å². The number of nitrogens with zero attached hydrogens (tertiary/aromatic N) is 1. The van der Waals surface area contributed by atoms with Crippen molar-refractivity contribution < 1.29 is 14.0 Å². The second-order valence-electron chi connectivity index (χ2n) is 6.58. The van der Waals surface area contributed by atoms with Gasteiger partial charge < -0.3 is 14.6 Å². The van der Waals surface area contributed by atoms with Gasteiger partial charge in [0.2, 0.25) is 5.91 Å². The van der Waals surface area contributed by atoms with Crippen LogP contribution in [0.15, 0.2) is 59.0 Å². The van der Waals surface area contributed by atoms with Crippen molar-refractivity contribution in [3.63, 3.8) is 0 Å². The molecule has 4 rings (SSSR count). The molecule has 0 radical (unpaired) electrons. The number of fused-ring (bicyclic) bond motifs is 1. The summed E-state index contributed by atoms with van der Waals surface area (Å²) >= 11 is 0. The summed E-state index contributed by atoms with van der Waals surface area (Å²) in [4.78, 5) is 26.1. The number of amides is 2. The maximum Gasteiger partial charge on any atom is 0.251 e. The molecule has 0 aliphatic carbocycles. The van der Waals surface area contributed by atoms with E-state index < -0.39 is 0 Å². The largest absolute Gasteiger partial charge is 0.459 e. The Bertz CT molecular complexity index is 926. The third-order valence-electron chi connectivity index (χ3n) is 4.73. The molecule has 1 N–H and O–H groups in total. The highest BCUT2D eigenvalue weighted by Crippen LogP contribution is 2.24. The smallest absolute Gasteiger partial charge is 0.251 e. The minimum Gasteiger partial charge on any atom is -0.459 e. The number of rotatable bonds is 4. The van der Waals surface area contributed by atoms with Gasteiger partial charge in [0.15, 0.2) is 0 Å². The van der Waals surface area contributed by atoms with Crippen molar-refractivity contribution in [2.45, 2.75) is 25.8 Å². The average molecular weight is 348 g/mol. The van der Waals surface area contributed by atoms with E-state index in [0.29, 0.717) is 12.0 Å². The number of benzene rings is 2. The molecule has 3 aromatic rings. The van der Waals surface area contributed by atoms with Crippen LogP contribution in [0.25, 0.3) is 11.0 Å². The Labute approximate surface area is 151 Å². The fraction of sp³-hybridized carbons (Fsp3) is 0.238. The molecule has 1 aliphatic heterocycles. The molecular weight excluding hydrogens is 328 g/mol. The standard InChI is InChI=1S/C21H20N2O3/c1-14(19-13-16-5-2-3-6-18(16)26-19)22-21(25)15-8-10-17(11-9-15)23-12-4-7-20(23)24/h2-3,5-6,8-11,13-14H,4,7,12H2,1H3,(H,22,25)/t14-/m1/s1. The highest BCUT2D eigenvalue weighted by atomic mass is 16.3. The Morgan fingerprint density at radius 1 is 1.15 bits per heavy atom. The van der Waals surface area contributed by atoms with E-state index in [0.717, 1.165) is 35.4 Å². The van der Waals surface area contributed by atoms with Gasteiger partial charge in [-0.2, -0.15) is 0 Å². The van der Waals surface area contributed by atoms with E-state index in [1.54, 1.807) is 17.0 Å². The number of furan rings is 1. The summed E-state index contributed by atoms with van der Waals surface area (Å²) in [7, 11) is 0. The summed E-state index contributed by atoms with van der Waals surface area (Å²) in [5, 5.41) is 3.97. The Hall–Kier alpha value is -3.08. The SMILES string of the molecule is C[C@@H](NC(=O)c1ccc(N2CCCC2=O)cc1)c1cc2ccccc2o1. The van der Waals surface area contributed by atoms with E-state index in [9.17, 15) is 9.59 Å². The van der Waals surface area contributed by atoms with Gasteiger partial charge in [-0.1, -0.05) is 18.2 Å². The molecule has 1 aromatic heterocycles. The molecule has 1 saturated heterocycles. The first-order chi connectivity index (χ1) is 12.6. The van der Waals surface area contributed by atoms with Crippen LogP contribution in [0.4, 0.5) is 5.69 Å². The van der Waals surface area contributed by atoms with Crippen molar-refractivity contribution in [1.29, 1.82) is 0 Å². The molecule has 132 valence electrons. The van der Waals surface area contributed by atoms with Gasteiger partial charge in [-0.3, -0.25) is 9.59 Å². The Balaban J connectivity index is 1.46. The number of hydrogen-bond acceptors (Lipinski definition) is 3. The maximum atomic E-state index is 12.5. The Kier molecular flexibility index (Phi) is 4.21. The van der Waals surface area contributed by atoms with Crippen LogP contribution in [-0.4, -0.2) is 18.4 Å². The van der Waals surface area contributed by atoms with Crippen molar-refractivity contribution in [3.05, 3.63) is 65.9 Å². The molecule has 2 heterocycles. The van der Waals surface area contributed by atoms with Crippen LogP contribution in [0.1, 0.15) is 41.9 Å². The van der Waals surface area contributed by atoms with Crippen LogP contribution < -0.4 is 10.2 Å². The lowest BCUT2D eigenvalue weighted by Gasteiger charge is -2.16. The van der Waals surface area contributed by atoms with Crippen LogP contribution >= 0.6 is 0 Å². The summed E-state index contributed by atoms with van der Waals surface area (Å²) in [6.45, 7) is 2.64. The van der Waals surface area contributed by atoms with Crippen molar-refractivity contribution in [1.82, 2.24) is 5.32 Å². The van der Waals surface area contributed by atoms with E-state index in [1.807, 2.05) is 49.4 Å². The molecule has 0 unspecified atom stereocenters. The second-order valence-corrected chi connectivity index (χ2v) is 6.58. The maximum absolute atomic E-state index is 12.5. The number of nitrogens with one attached hydrogen (secondary N) is 1. The molecule has 2 amide bonds. The van der Waals surface area contributed by atoms with Gasteiger partial charge in [0.25, 0.3) is 5.91 Å². The van der Waals surface area contributed by atoms with Gasteiger partial charge in [0, 0.05) is 29.6 Å². The highest BCUT2D eigenvalue weighted by molar-refractivity contribution is 5.97. The number of hydrogen-bond donors (Lipinski definition) is 1. The molecule has 2 aromatic carbocycles. The summed E-state index contributed by atoms with van der Waals surface area (Å²) in [5.41, 5.74) is 2.21. The normalized spacial score (nSPS) is 15.4. The zero-order chi connectivity index (χ0) is 18.1. The molecule has 0 bridgehead atoms. The van der Waals surface area contributed by atoms with Gasteiger partial charge in [-0.25, -0.2) is 0 Å². The van der Waals surface area contributed by atoms with E-state index >= 15 is 0 Å². The summed E-state index contributed by atoms with van der Waals surface area (Å²) < 4.78 is 5.81. The number of carbonyl (C=O) groups excluding carboxylic acids is 2. The van der Waals surface area contributed by atoms with E-state index in [4.69, 9.17) is 4.42 Å². The zero-order valence-electron chi connectivity index (χ0n) is 14.6. The lowest BCUT2D eigenvalue weighted by molar-refractivity contribution is -0.117. The first kappa shape index (κ1) is 16.4. The minimum atomic E-state index is -0.241. The summed E-state index contributed by atoms with van der Waals surface area (Å²) in [5.74, 6) is 0.691. The number of anilines is 1.